The highest BCUT2D eigenvalue weighted by atomic mass is 19.1. The summed E-state index contributed by atoms with van der Waals surface area (Å²) in [4.78, 5) is 0. The molecule has 0 atom stereocenters. The molecule has 0 aliphatic heterocycles. The van der Waals surface area contributed by atoms with Gasteiger partial charge in [0.1, 0.15) is 5.82 Å². The van der Waals surface area contributed by atoms with E-state index in [0.717, 1.165) is 31.6 Å². The van der Waals surface area contributed by atoms with Crippen molar-refractivity contribution in [2.45, 2.75) is 52.1 Å². The van der Waals surface area contributed by atoms with Crippen LogP contribution in [0.4, 0.5) is 4.39 Å². The summed E-state index contributed by atoms with van der Waals surface area (Å²) in [5, 5.41) is 4.91. The molecule has 3 heteroatoms. The number of hydrogen-bond donors (Lipinski definition) is 1. The highest BCUT2D eigenvalue weighted by molar-refractivity contribution is 5.86. The highest BCUT2D eigenvalue weighted by Crippen LogP contribution is 2.32. The molecule has 0 saturated carbocycles. The number of halogens is 1. The molecule has 0 amide bonds. The molecule has 136 valence electrons. The summed E-state index contributed by atoms with van der Waals surface area (Å²) in [5.41, 5.74) is 6.89. The van der Waals surface area contributed by atoms with E-state index in [2.05, 4.69) is 35.0 Å². The van der Waals surface area contributed by atoms with Crippen molar-refractivity contribution in [3.8, 4) is 0 Å². The van der Waals surface area contributed by atoms with Crippen molar-refractivity contribution < 1.29 is 4.39 Å². The molecule has 1 heterocycles. The van der Waals surface area contributed by atoms with Gasteiger partial charge in [-0.3, -0.25) is 0 Å². The summed E-state index contributed by atoms with van der Waals surface area (Å²) in [7, 11) is 0. The van der Waals surface area contributed by atoms with Crippen LogP contribution in [0.2, 0.25) is 0 Å². The summed E-state index contributed by atoms with van der Waals surface area (Å²) in [6.07, 6.45) is 6.13. The first-order valence-electron chi connectivity index (χ1n) is 9.78. The van der Waals surface area contributed by atoms with E-state index < -0.39 is 0 Å². The normalized spacial score (nSPS) is 13.9. The van der Waals surface area contributed by atoms with Crippen LogP contribution in [0.3, 0.4) is 0 Å². The summed E-state index contributed by atoms with van der Waals surface area (Å²) >= 11 is 0. The minimum absolute atomic E-state index is 0.162. The summed E-state index contributed by atoms with van der Waals surface area (Å²) < 4.78 is 15.8. The maximum Gasteiger partial charge on any atom is 0.123 e. The van der Waals surface area contributed by atoms with Gasteiger partial charge in [0.15, 0.2) is 0 Å². The number of aryl methyl sites for hydroxylation is 3. The molecule has 1 aliphatic carbocycles. The summed E-state index contributed by atoms with van der Waals surface area (Å²) in [6, 6.07) is 13.7. The topological polar surface area (TPSA) is 17.0 Å². The van der Waals surface area contributed by atoms with Gasteiger partial charge in [0.2, 0.25) is 0 Å². The quantitative estimate of drug-likeness (QED) is 0.609. The first kappa shape index (κ1) is 17.3. The zero-order chi connectivity index (χ0) is 17.9. The number of fused-ring (bicyclic) bond motifs is 3. The van der Waals surface area contributed by atoms with Gasteiger partial charge in [0.25, 0.3) is 0 Å². The largest absolute Gasteiger partial charge is 0.344 e. The SMILES string of the molecule is Cc1ccc2c(c1)c1c(n2CCCNCc2cccc(F)c2)CCCC1. The second-order valence-electron chi connectivity index (χ2n) is 7.46. The number of aromatic nitrogens is 1. The van der Waals surface area contributed by atoms with Gasteiger partial charge in [-0.25, -0.2) is 4.39 Å². The minimum Gasteiger partial charge on any atom is -0.344 e. The van der Waals surface area contributed by atoms with E-state index in [4.69, 9.17) is 0 Å². The van der Waals surface area contributed by atoms with Crippen LogP contribution in [0.15, 0.2) is 42.5 Å². The van der Waals surface area contributed by atoms with E-state index in [0.29, 0.717) is 0 Å². The maximum atomic E-state index is 13.2. The van der Waals surface area contributed by atoms with Crippen molar-refractivity contribution in [2.75, 3.05) is 6.54 Å². The molecular formula is C23H27FN2. The molecule has 1 aliphatic rings. The van der Waals surface area contributed by atoms with Crippen LogP contribution in [0.25, 0.3) is 10.9 Å². The van der Waals surface area contributed by atoms with Crippen molar-refractivity contribution in [3.05, 3.63) is 70.7 Å². The van der Waals surface area contributed by atoms with Gasteiger partial charge in [-0.1, -0.05) is 23.8 Å². The number of nitrogens with zero attached hydrogens (tertiary/aromatic N) is 1. The van der Waals surface area contributed by atoms with E-state index in [-0.39, 0.29) is 5.82 Å². The Hall–Kier alpha value is -2.13. The van der Waals surface area contributed by atoms with Gasteiger partial charge in [-0.2, -0.15) is 0 Å². The third kappa shape index (κ3) is 3.54. The molecule has 0 saturated heterocycles. The molecule has 4 rings (SSSR count). The van der Waals surface area contributed by atoms with Crippen LogP contribution < -0.4 is 5.32 Å². The lowest BCUT2D eigenvalue weighted by Gasteiger charge is -2.16. The van der Waals surface area contributed by atoms with Crippen LogP contribution >= 0.6 is 0 Å². The summed E-state index contributed by atoms with van der Waals surface area (Å²) in [6.45, 7) is 4.89. The lowest BCUT2D eigenvalue weighted by molar-refractivity contribution is 0.559. The molecule has 1 aromatic heterocycles. The van der Waals surface area contributed by atoms with E-state index >= 15 is 0 Å². The van der Waals surface area contributed by atoms with Crippen molar-refractivity contribution in [2.24, 2.45) is 0 Å². The van der Waals surface area contributed by atoms with Gasteiger partial charge < -0.3 is 9.88 Å². The van der Waals surface area contributed by atoms with Gasteiger partial charge >= 0.3 is 0 Å². The molecule has 1 N–H and O–H groups in total. The van der Waals surface area contributed by atoms with Crippen LogP contribution in [-0.2, 0) is 25.9 Å². The number of hydrogen-bond acceptors (Lipinski definition) is 1. The van der Waals surface area contributed by atoms with E-state index in [9.17, 15) is 4.39 Å². The fourth-order valence-electron chi connectivity index (χ4n) is 4.25. The highest BCUT2D eigenvalue weighted by Gasteiger charge is 2.19. The van der Waals surface area contributed by atoms with Crippen molar-refractivity contribution in [1.29, 1.82) is 0 Å². The van der Waals surface area contributed by atoms with E-state index in [1.54, 1.807) is 23.4 Å². The monoisotopic (exact) mass is 350 g/mol. The molecule has 0 radical (unpaired) electrons. The third-order valence-electron chi connectivity index (χ3n) is 5.49. The first-order chi connectivity index (χ1) is 12.7. The van der Waals surface area contributed by atoms with Crippen molar-refractivity contribution >= 4 is 10.9 Å². The average Bonchev–Trinajstić information content (AvgIpc) is 2.95. The minimum atomic E-state index is -0.162. The Bertz CT molecular complexity index is 910. The fourth-order valence-corrected chi connectivity index (χ4v) is 4.25. The fraction of sp³-hybridized carbons (Fsp3) is 0.391. The lowest BCUT2D eigenvalue weighted by Crippen LogP contribution is -2.17. The third-order valence-corrected chi connectivity index (χ3v) is 5.49. The number of benzene rings is 2. The van der Waals surface area contributed by atoms with Gasteiger partial charge in [0, 0.05) is 29.7 Å². The first-order valence-corrected chi connectivity index (χ1v) is 9.78. The van der Waals surface area contributed by atoms with Crippen molar-refractivity contribution in [3.63, 3.8) is 0 Å². The maximum absolute atomic E-state index is 13.2. The Morgan fingerprint density at radius 3 is 2.85 bits per heavy atom. The zero-order valence-corrected chi connectivity index (χ0v) is 15.5. The van der Waals surface area contributed by atoms with Crippen LogP contribution in [-0.4, -0.2) is 11.1 Å². The Labute approximate surface area is 155 Å². The molecular weight excluding hydrogens is 323 g/mol. The second-order valence-corrected chi connectivity index (χ2v) is 7.46. The van der Waals surface area contributed by atoms with Gasteiger partial charge in [-0.15, -0.1) is 0 Å². The Kier molecular flexibility index (Phi) is 5.07. The second kappa shape index (κ2) is 7.63. The lowest BCUT2D eigenvalue weighted by atomic mass is 9.95. The predicted octanol–water partition coefficient (Wildman–Crippen LogP) is 5.15. The summed E-state index contributed by atoms with van der Waals surface area (Å²) in [5.74, 6) is -0.162. The average molecular weight is 350 g/mol. The number of nitrogens with one attached hydrogen (secondary N) is 1. The molecule has 0 fully saturated rings. The van der Waals surface area contributed by atoms with Gasteiger partial charge in [0.05, 0.1) is 0 Å². The van der Waals surface area contributed by atoms with Crippen LogP contribution in [0.1, 0.15) is 41.6 Å². The van der Waals surface area contributed by atoms with Crippen LogP contribution in [0, 0.1) is 12.7 Å². The molecule has 0 bridgehead atoms. The molecule has 3 aromatic rings. The molecule has 26 heavy (non-hydrogen) atoms. The predicted molar refractivity (Wildman–Crippen MR) is 106 cm³/mol. The van der Waals surface area contributed by atoms with E-state index in [1.807, 2.05) is 6.07 Å². The van der Waals surface area contributed by atoms with Crippen molar-refractivity contribution in [1.82, 2.24) is 9.88 Å². The van der Waals surface area contributed by atoms with Gasteiger partial charge in [-0.05, 0) is 81.0 Å². The zero-order valence-electron chi connectivity index (χ0n) is 15.5. The molecule has 2 aromatic carbocycles. The van der Waals surface area contributed by atoms with E-state index in [1.165, 1.54) is 48.2 Å². The molecule has 0 unspecified atom stereocenters. The Morgan fingerprint density at radius 1 is 1.08 bits per heavy atom. The van der Waals surface area contributed by atoms with Crippen LogP contribution in [0.5, 0.6) is 0 Å². The smallest absolute Gasteiger partial charge is 0.123 e. The molecule has 2 nitrogen and oxygen atoms in total. The number of rotatable bonds is 6. The Balaban J connectivity index is 1.42. The standard InChI is InChI=1S/C23H27FN2/c1-17-10-11-23-21(14-17)20-8-2-3-9-22(20)26(23)13-5-12-25-16-18-6-4-7-19(24)15-18/h4,6-7,10-11,14-15,25H,2-3,5,8-9,12-13,16H2,1H3. The Morgan fingerprint density at radius 2 is 1.96 bits per heavy atom. The molecule has 0 spiro atoms.